The van der Waals surface area contributed by atoms with Gasteiger partial charge in [0.2, 0.25) is 10.0 Å². The van der Waals surface area contributed by atoms with E-state index in [0.717, 1.165) is 5.56 Å². The molecule has 0 aromatic heterocycles. The maximum Gasteiger partial charge on any atom is 0.262 e. The van der Waals surface area contributed by atoms with Gasteiger partial charge in [0.25, 0.3) is 5.91 Å². The van der Waals surface area contributed by atoms with Crippen LogP contribution in [0, 0.1) is 0 Å². The van der Waals surface area contributed by atoms with Crippen LogP contribution in [-0.4, -0.2) is 28.0 Å². The fourth-order valence-corrected chi connectivity index (χ4v) is 4.78. The summed E-state index contributed by atoms with van der Waals surface area (Å²) >= 11 is 12.3. The number of rotatable bonds is 9. The Balaban J connectivity index is 1.62. The quantitative estimate of drug-likeness (QED) is 0.421. The summed E-state index contributed by atoms with van der Waals surface area (Å²) in [4.78, 5) is 12.2. The van der Waals surface area contributed by atoms with Crippen molar-refractivity contribution in [1.82, 2.24) is 4.72 Å². The van der Waals surface area contributed by atoms with E-state index in [1.807, 2.05) is 30.3 Å². The minimum Gasteiger partial charge on any atom is -0.495 e. The molecular formula is C23H22Cl2N2O5S. The molecule has 0 aliphatic heterocycles. The zero-order valence-electron chi connectivity index (χ0n) is 17.8. The maximum absolute atomic E-state index is 12.7. The number of methoxy groups -OCH3 is 1. The van der Waals surface area contributed by atoms with E-state index in [4.69, 9.17) is 32.7 Å². The van der Waals surface area contributed by atoms with E-state index in [0.29, 0.717) is 16.5 Å². The Morgan fingerprint density at radius 3 is 2.27 bits per heavy atom. The highest BCUT2D eigenvalue weighted by Crippen LogP contribution is 2.29. The molecule has 0 heterocycles. The van der Waals surface area contributed by atoms with E-state index in [1.165, 1.54) is 25.3 Å². The molecule has 0 saturated heterocycles. The van der Waals surface area contributed by atoms with Crippen molar-refractivity contribution in [2.24, 2.45) is 0 Å². The van der Waals surface area contributed by atoms with E-state index >= 15 is 0 Å². The first-order chi connectivity index (χ1) is 15.7. The van der Waals surface area contributed by atoms with Crippen LogP contribution in [0.3, 0.4) is 0 Å². The second kappa shape index (κ2) is 10.9. The van der Waals surface area contributed by atoms with Crippen LogP contribution >= 0.6 is 23.2 Å². The fraction of sp³-hybridized carbons (Fsp3) is 0.174. The predicted octanol–water partition coefficient (Wildman–Crippen LogP) is 5.06. The van der Waals surface area contributed by atoms with Crippen molar-refractivity contribution in [2.45, 2.75) is 17.9 Å². The Morgan fingerprint density at radius 1 is 0.970 bits per heavy atom. The standard InChI is InChI=1S/C23H22Cl2N2O5S/c1-15(16-6-4-3-5-7-16)27-33(29,30)18-9-11-22(20(25)13-18)32-14-23(28)26-17-8-10-21(31-2)19(24)12-17/h3-13,15,27H,14H2,1-2H3,(H,26,28)/t15-/m0/s1. The van der Waals surface area contributed by atoms with Gasteiger partial charge in [-0.2, -0.15) is 0 Å². The molecule has 0 fully saturated rings. The molecule has 0 bridgehead atoms. The Hall–Kier alpha value is -2.78. The average molecular weight is 509 g/mol. The van der Waals surface area contributed by atoms with Gasteiger partial charge in [0, 0.05) is 11.7 Å². The smallest absolute Gasteiger partial charge is 0.262 e. The molecule has 0 aliphatic carbocycles. The number of nitrogens with one attached hydrogen (secondary N) is 2. The van der Waals surface area contributed by atoms with Gasteiger partial charge in [0.1, 0.15) is 11.5 Å². The minimum absolute atomic E-state index is 0.0139. The molecule has 7 nitrogen and oxygen atoms in total. The first kappa shape index (κ1) is 24.9. The van der Waals surface area contributed by atoms with Crippen LogP contribution in [-0.2, 0) is 14.8 Å². The van der Waals surface area contributed by atoms with E-state index in [9.17, 15) is 13.2 Å². The lowest BCUT2D eigenvalue weighted by Crippen LogP contribution is -2.27. The molecule has 3 aromatic rings. The lowest BCUT2D eigenvalue weighted by atomic mass is 10.1. The predicted molar refractivity (Wildman–Crippen MR) is 129 cm³/mol. The van der Waals surface area contributed by atoms with Crippen LogP contribution in [0.4, 0.5) is 5.69 Å². The van der Waals surface area contributed by atoms with Gasteiger partial charge in [-0.1, -0.05) is 53.5 Å². The molecule has 10 heteroatoms. The number of anilines is 1. The van der Waals surface area contributed by atoms with Crippen LogP contribution in [0.1, 0.15) is 18.5 Å². The monoisotopic (exact) mass is 508 g/mol. The van der Waals surface area contributed by atoms with Gasteiger partial charge in [-0.3, -0.25) is 4.79 Å². The highest BCUT2D eigenvalue weighted by atomic mass is 35.5. The Labute approximate surface area is 202 Å². The van der Waals surface area contributed by atoms with Crippen LogP contribution in [0.25, 0.3) is 0 Å². The van der Waals surface area contributed by atoms with Gasteiger partial charge in [0.05, 0.1) is 22.1 Å². The van der Waals surface area contributed by atoms with E-state index in [-0.39, 0.29) is 22.3 Å². The molecule has 3 aromatic carbocycles. The summed E-state index contributed by atoms with van der Waals surface area (Å²) in [7, 11) is -2.33. The molecule has 1 amide bonds. The first-order valence-electron chi connectivity index (χ1n) is 9.82. The number of carbonyl (C=O) groups excluding carboxylic acids is 1. The van der Waals surface area contributed by atoms with Crippen molar-refractivity contribution in [1.29, 1.82) is 0 Å². The third-order valence-corrected chi connectivity index (χ3v) is 6.77. The van der Waals surface area contributed by atoms with Gasteiger partial charge < -0.3 is 14.8 Å². The summed E-state index contributed by atoms with van der Waals surface area (Å²) in [5, 5.41) is 3.06. The molecular weight excluding hydrogens is 487 g/mol. The molecule has 1 atom stereocenters. The molecule has 0 aliphatic rings. The number of halogens is 2. The summed E-state index contributed by atoms with van der Waals surface area (Å²) in [5.41, 5.74) is 1.30. The molecule has 0 radical (unpaired) electrons. The number of hydrogen-bond acceptors (Lipinski definition) is 5. The Morgan fingerprint density at radius 2 is 1.64 bits per heavy atom. The normalized spacial score (nSPS) is 12.1. The minimum atomic E-state index is -3.82. The van der Waals surface area contributed by atoms with Crippen molar-refractivity contribution < 1.29 is 22.7 Å². The van der Waals surface area contributed by atoms with Crippen molar-refractivity contribution in [3.05, 3.63) is 82.3 Å². The molecule has 174 valence electrons. The zero-order chi connectivity index (χ0) is 24.0. The van der Waals surface area contributed by atoms with Gasteiger partial charge in [-0.15, -0.1) is 0 Å². The Bertz CT molecular complexity index is 1240. The third kappa shape index (κ3) is 6.61. The molecule has 3 rings (SSSR count). The summed E-state index contributed by atoms with van der Waals surface area (Å²) in [6, 6.07) is 17.6. The summed E-state index contributed by atoms with van der Waals surface area (Å²) < 4.78 is 38.6. The van der Waals surface area contributed by atoms with Gasteiger partial charge >= 0.3 is 0 Å². The zero-order valence-corrected chi connectivity index (χ0v) is 20.2. The lowest BCUT2D eigenvalue weighted by Gasteiger charge is -2.15. The number of hydrogen-bond donors (Lipinski definition) is 2. The van der Waals surface area contributed by atoms with Crippen molar-refractivity contribution in [3.63, 3.8) is 0 Å². The topological polar surface area (TPSA) is 93.7 Å². The number of benzene rings is 3. The second-order valence-electron chi connectivity index (χ2n) is 7.03. The van der Waals surface area contributed by atoms with E-state index in [1.54, 1.807) is 25.1 Å². The van der Waals surface area contributed by atoms with Crippen LogP contribution in [0.2, 0.25) is 10.0 Å². The second-order valence-corrected chi connectivity index (χ2v) is 9.56. The summed E-state index contributed by atoms with van der Waals surface area (Å²) in [6.45, 7) is 1.42. The molecule has 0 unspecified atom stereocenters. The van der Waals surface area contributed by atoms with Gasteiger partial charge in [-0.05, 0) is 48.9 Å². The summed E-state index contributed by atoms with van der Waals surface area (Å²) in [6.07, 6.45) is 0. The number of amides is 1. The molecule has 2 N–H and O–H groups in total. The average Bonchev–Trinajstić information content (AvgIpc) is 2.78. The SMILES string of the molecule is COc1ccc(NC(=O)COc2ccc(S(=O)(=O)N[C@@H](C)c3ccccc3)cc2Cl)cc1Cl. The Kier molecular flexibility index (Phi) is 8.20. The van der Waals surface area contributed by atoms with E-state index < -0.39 is 22.0 Å². The van der Waals surface area contributed by atoms with Gasteiger partial charge in [-0.25, -0.2) is 13.1 Å². The van der Waals surface area contributed by atoms with Crippen molar-refractivity contribution in [2.75, 3.05) is 19.0 Å². The highest BCUT2D eigenvalue weighted by Gasteiger charge is 2.20. The molecule has 33 heavy (non-hydrogen) atoms. The van der Waals surface area contributed by atoms with Crippen molar-refractivity contribution >= 4 is 44.8 Å². The third-order valence-electron chi connectivity index (χ3n) is 4.64. The van der Waals surface area contributed by atoms with Gasteiger partial charge in [0.15, 0.2) is 6.61 Å². The number of ether oxygens (including phenoxy) is 2. The highest BCUT2D eigenvalue weighted by molar-refractivity contribution is 7.89. The molecule has 0 saturated carbocycles. The summed E-state index contributed by atoms with van der Waals surface area (Å²) in [5.74, 6) is 0.220. The van der Waals surface area contributed by atoms with Crippen LogP contribution < -0.4 is 19.5 Å². The van der Waals surface area contributed by atoms with Crippen LogP contribution in [0.5, 0.6) is 11.5 Å². The number of carbonyl (C=O) groups is 1. The maximum atomic E-state index is 12.7. The lowest BCUT2D eigenvalue weighted by molar-refractivity contribution is -0.118. The fourth-order valence-electron chi connectivity index (χ4n) is 2.96. The van der Waals surface area contributed by atoms with Crippen molar-refractivity contribution in [3.8, 4) is 11.5 Å². The largest absolute Gasteiger partial charge is 0.495 e. The first-order valence-corrected chi connectivity index (χ1v) is 12.1. The number of sulfonamides is 1. The molecule has 0 spiro atoms. The van der Waals surface area contributed by atoms with Crippen LogP contribution in [0.15, 0.2) is 71.6 Å². The van der Waals surface area contributed by atoms with E-state index in [2.05, 4.69) is 10.0 Å².